The summed E-state index contributed by atoms with van der Waals surface area (Å²) in [6, 6.07) is 6.40. The van der Waals surface area contributed by atoms with E-state index in [-0.39, 0.29) is 39.7 Å². The zero-order valence-corrected chi connectivity index (χ0v) is 17.3. The molecular weight excluding hydrogens is 352 g/mol. The van der Waals surface area contributed by atoms with Crippen LogP contribution in [0.25, 0.3) is 0 Å². The fourth-order valence-electron chi connectivity index (χ4n) is 6.37. The van der Waals surface area contributed by atoms with Gasteiger partial charge in [-0.15, -0.1) is 0 Å². The molecule has 0 aliphatic heterocycles. The highest BCUT2D eigenvalue weighted by molar-refractivity contribution is 5.68. The van der Waals surface area contributed by atoms with E-state index in [1.54, 1.807) is 12.1 Å². The molecule has 2 aromatic carbocycles. The molecule has 0 bridgehead atoms. The van der Waals surface area contributed by atoms with Gasteiger partial charge in [-0.25, -0.2) is 0 Å². The molecule has 4 unspecified atom stereocenters. The molecule has 150 valence electrons. The van der Waals surface area contributed by atoms with Crippen LogP contribution in [0, 0.1) is 5.92 Å². The fourth-order valence-corrected chi connectivity index (χ4v) is 6.37. The monoisotopic (exact) mass is 382 g/mol. The second kappa shape index (κ2) is 5.59. The first-order valence-electron chi connectivity index (χ1n) is 10.2. The van der Waals surface area contributed by atoms with Gasteiger partial charge < -0.3 is 20.4 Å². The van der Waals surface area contributed by atoms with Crippen molar-refractivity contribution in [2.75, 3.05) is 0 Å². The summed E-state index contributed by atoms with van der Waals surface area (Å²) in [7, 11) is 0. The van der Waals surface area contributed by atoms with Crippen LogP contribution in [-0.4, -0.2) is 20.4 Å². The maximum Gasteiger partial charge on any atom is 0.123 e. The third-order valence-corrected chi connectivity index (χ3v) is 8.22. The predicted octanol–water partition coefficient (Wildman–Crippen LogP) is 5.18. The van der Waals surface area contributed by atoms with Gasteiger partial charge >= 0.3 is 0 Å². The second-order valence-corrected chi connectivity index (χ2v) is 9.33. The van der Waals surface area contributed by atoms with Gasteiger partial charge in [0.15, 0.2) is 0 Å². The summed E-state index contributed by atoms with van der Waals surface area (Å²) in [6.45, 7) is 10.8. The summed E-state index contributed by atoms with van der Waals surface area (Å²) in [4.78, 5) is 0. The molecule has 1 spiro atoms. The van der Waals surface area contributed by atoms with E-state index in [2.05, 4.69) is 34.6 Å². The number of phenols is 4. The molecule has 2 aliphatic carbocycles. The maximum atomic E-state index is 10.8. The quantitative estimate of drug-likeness (QED) is 0.577. The van der Waals surface area contributed by atoms with Crippen molar-refractivity contribution in [1.82, 2.24) is 0 Å². The van der Waals surface area contributed by atoms with E-state index in [0.717, 1.165) is 41.5 Å². The van der Waals surface area contributed by atoms with Crippen LogP contribution in [0.15, 0.2) is 24.3 Å². The van der Waals surface area contributed by atoms with Crippen molar-refractivity contribution in [3.05, 3.63) is 46.5 Å². The number of rotatable bonds is 2. The Bertz CT molecular complexity index is 965. The van der Waals surface area contributed by atoms with Crippen LogP contribution in [0.3, 0.4) is 0 Å². The molecule has 0 saturated carbocycles. The lowest BCUT2D eigenvalue weighted by atomic mass is 9.63. The molecule has 4 nitrogen and oxygen atoms in total. The van der Waals surface area contributed by atoms with Crippen LogP contribution >= 0.6 is 0 Å². The summed E-state index contributed by atoms with van der Waals surface area (Å²) >= 11 is 0. The van der Waals surface area contributed by atoms with Crippen molar-refractivity contribution in [2.24, 2.45) is 5.92 Å². The Morgan fingerprint density at radius 1 is 0.821 bits per heavy atom. The molecule has 2 aromatic rings. The van der Waals surface area contributed by atoms with E-state index in [0.29, 0.717) is 0 Å². The third-order valence-electron chi connectivity index (χ3n) is 8.22. The van der Waals surface area contributed by atoms with E-state index in [1.165, 1.54) is 12.1 Å². The van der Waals surface area contributed by atoms with E-state index >= 15 is 0 Å². The first-order chi connectivity index (χ1) is 13.0. The summed E-state index contributed by atoms with van der Waals surface area (Å²) in [5.41, 5.74) is 2.56. The number of phenolic OH excluding ortho intramolecular Hbond substituents is 4. The lowest BCUT2D eigenvalue weighted by Crippen LogP contribution is -2.38. The third kappa shape index (κ3) is 2.01. The largest absolute Gasteiger partial charge is 0.508 e. The van der Waals surface area contributed by atoms with E-state index in [1.807, 2.05) is 0 Å². The molecule has 4 heteroatoms. The number of aromatic hydroxyl groups is 4. The van der Waals surface area contributed by atoms with Crippen molar-refractivity contribution >= 4 is 0 Å². The Labute approximate surface area is 166 Å². The zero-order valence-electron chi connectivity index (χ0n) is 17.3. The minimum Gasteiger partial charge on any atom is -0.508 e. The van der Waals surface area contributed by atoms with E-state index in [4.69, 9.17) is 0 Å². The molecule has 4 N–H and O–H groups in total. The molecule has 2 aliphatic rings. The first-order valence-corrected chi connectivity index (χ1v) is 10.2. The molecule has 0 radical (unpaired) electrons. The van der Waals surface area contributed by atoms with Gasteiger partial charge in [-0.2, -0.15) is 0 Å². The summed E-state index contributed by atoms with van der Waals surface area (Å²) in [5, 5.41) is 42.3. The summed E-state index contributed by atoms with van der Waals surface area (Å²) < 4.78 is 0. The van der Waals surface area contributed by atoms with Gasteiger partial charge in [-0.05, 0) is 59.3 Å². The Balaban J connectivity index is 2.16. The van der Waals surface area contributed by atoms with Gasteiger partial charge in [0.25, 0.3) is 0 Å². The standard InChI is InChI=1S/C24H30O4/c1-6-22(4)12-24(16-8-14(25)10-18(27)20(16)22)13(3)23(5,7-2)21-17(24)9-15(26)11-19(21)28/h8-11,13,25-28H,6-7,12H2,1-5H3. The molecule has 0 saturated heterocycles. The molecule has 4 atom stereocenters. The molecule has 0 fully saturated rings. The molecule has 0 aromatic heterocycles. The Kier molecular flexibility index (Phi) is 3.79. The minimum absolute atomic E-state index is 0.0409. The lowest BCUT2D eigenvalue weighted by Gasteiger charge is -2.39. The molecule has 28 heavy (non-hydrogen) atoms. The SMILES string of the molecule is CCC1(C)CC2(c3cc(O)cc(O)c31)c1cc(O)cc(O)c1C(C)(CC)C2C. The van der Waals surface area contributed by atoms with Gasteiger partial charge in [0.05, 0.1) is 0 Å². The number of hydrogen-bond acceptors (Lipinski definition) is 4. The highest BCUT2D eigenvalue weighted by atomic mass is 16.3. The van der Waals surface area contributed by atoms with Crippen molar-refractivity contribution in [2.45, 2.75) is 70.1 Å². The Hall–Kier alpha value is -2.36. The Morgan fingerprint density at radius 2 is 1.32 bits per heavy atom. The zero-order chi connectivity index (χ0) is 20.6. The maximum absolute atomic E-state index is 10.8. The smallest absolute Gasteiger partial charge is 0.123 e. The van der Waals surface area contributed by atoms with Crippen molar-refractivity contribution in [3.63, 3.8) is 0 Å². The topological polar surface area (TPSA) is 80.9 Å². The predicted molar refractivity (Wildman–Crippen MR) is 109 cm³/mol. The lowest BCUT2D eigenvalue weighted by molar-refractivity contribution is 0.214. The second-order valence-electron chi connectivity index (χ2n) is 9.33. The fraction of sp³-hybridized carbons (Fsp3) is 0.500. The Morgan fingerprint density at radius 3 is 1.82 bits per heavy atom. The number of benzene rings is 2. The summed E-state index contributed by atoms with van der Waals surface area (Å²) in [6.07, 6.45) is 2.44. The van der Waals surface area contributed by atoms with E-state index < -0.39 is 5.41 Å². The van der Waals surface area contributed by atoms with Gasteiger partial charge in [0, 0.05) is 28.7 Å². The van der Waals surface area contributed by atoms with Crippen LogP contribution in [0.5, 0.6) is 23.0 Å². The van der Waals surface area contributed by atoms with Gasteiger partial charge in [0.2, 0.25) is 0 Å². The van der Waals surface area contributed by atoms with Gasteiger partial charge in [0.1, 0.15) is 23.0 Å². The summed E-state index contributed by atoms with van der Waals surface area (Å²) in [5.74, 6) is 0.443. The minimum atomic E-state index is -0.493. The van der Waals surface area contributed by atoms with Crippen LogP contribution in [0.1, 0.15) is 76.1 Å². The molecule has 4 rings (SSSR count). The van der Waals surface area contributed by atoms with Crippen LogP contribution < -0.4 is 0 Å². The van der Waals surface area contributed by atoms with Crippen LogP contribution in [0.2, 0.25) is 0 Å². The molecule has 0 amide bonds. The molecule has 0 heterocycles. The average Bonchev–Trinajstić information content (AvgIpc) is 2.99. The average molecular weight is 383 g/mol. The van der Waals surface area contributed by atoms with Crippen molar-refractivity contribution in [1.29, 1.82) is 0 Å². The normalized spacial score (nSPS) is 33.2. The highest BCUT2D eigenvalue weighted by Crippen LogP contribution is 2.69. The van der Waals surface area contributed by atoms with Gasteiger partial charge in [-0.1, -0.05) is 34.6 Å². The van der Waals surface area contributed by atoms with Gasteiger partial charge in [-0.3, -0.25) is 0 Å². The van der Waals surface area contributed by atoms with Crippen molar-refractivity contribution in [3.8, 4) is 23.0 Å². The highest BCUT2D eigenvalue weighted by Gasteiger charge is 2.63. The van der Waals surface area contributed by atoms with E-state index in [9.17, 15) is 20.4 Å². The van der Waals surface area contributed by atoms with Crippen molar-refractivity contribution < 1.29 is 20.4 Å². The van der Waals surface area contributed by atoms with Crippen LogP contribution in [0.4, 0.5) is 0 Å². The number of hydrogen-bond donors (Lipinski definition) is 4. The first kappa shape index (κ1) is 19.0. The van der Waals surface area contributed by atoms with Crippen LogP contribution in [-0.2, 0) is 16.2 Å². The molecular formula is C24H30O4. The number of fused-ring (bicyclic) bond motifs is 4.